The number of benzene rings is 3. The van der Waals surface area contributed by atoms with Crippen molar-refractivity contribution in [1.29, 1.82) is 0 Å². The van der Waals surface area contributed by atoms with Crippen LogP contribution in [-0.4, -0.2) is 43.8 Å². The largest absolute Gasteiger partial charge is 0.352 e. The van der Waals surface area contributed by atoms with Crippen molar-refractivity contribution in [2.75, 3.05) is 10.8 Å². The molecule has 0 spiro atoms. The molecule has 220 valence electrons. The number of rotatable bonds is 11. The van der Waals surface area contributed by atoms with Gasteiger partial charge in [0.1, 0.15) is 12.6 Å². The van der Waals surface area contributed by atoms with Crippen molar-refractivity contribution < 1.29 is 18.0 Å². The lowest BCUT2D eigenvalue weighted by Gasteiger charge is -2.34. The van der Waals surface area contributed by atoms with E-state index in [4.69, 9.17) is 46.4 Å². The molecule has 2 amide bonds. The number of carbonyl (C=O) groups excluding carboxylic acids is 2. The van der Waals surface area contributed by atoms with Crippen LogP contribution in [0.25, 0.3) is 0 Å². The summed E-state index contributed by atoms with van der Waals surface area (Å²) in [5.41, 5.74) is 1.50. The monoisotopic (exact) mass is 657 g/mol. The van der Waals surface area contributed by atoms with Gasteiger partial charge in [-0.15, -0.1) is 0 Å². The van der Waals surface area contributed by atoms with Crippen LogP contribution in [-0.2, 0) is 26.2 Å². The van der Waals surface area contributed by atoms with Gasteiger partial charge < -0.3 is 10.2 Å². The minimum Gasteiger partial charge on any atom is -0.352 e. The van der Waals surface area contributed by atoms with Crippen molar-refractivity contribution >= 4 is 73.9 Å². The Morgan fingerprint density at radius 2 is 1.56 bits per heavy atom. The van der Waals surface area contributed by atoms with Crippen LogP contribution in [0.15, 0.2) is 65.6 Å². The quantitative estimate of drug-likeness (QED) is 0.237. The van der Waals surface area contributed by atoms with Gasteiger partial charge in [0, 0.05) is 12.6 Å². The van der Waals surface area contributed by atoms with Gasteiger partial charge in [-0.3, -0.25) is 13.9 Å². The van der Waals surface area contributed by atoms with E-state index in [2.05, 4.69) is 5.32 Å². The normalized spacial score (nSPS) is 12.2. The van der Waals surface area contributed by atoms with Crippen LogP contribution < -0.4 is 9.62 Å². The fourth-order valence-electron chi connectivity index (χ4n) is 4.17. The molecule has 0 heterocycles. The standard InChI is InChI=1S/C29H31Cl4N3O4S/c1-5-25(29(38)34-18(2)3)35(16-20-11-14-22(30)24(32)15-20)27(37)17-36(26-8-6-7-23(31)28(26)33)41(39,40)21-12-9-19(4)10-13-21/h6-15,18,25H,5,16-17H2,1-4H3,(H,34,38)/t25-/m1/s1. The first-order valence-corrected chi connectivity index (χ1v) is 15.8. The summed E-state index contributed by atoms with van der Waals surface area (Å²) in [6, 6.07) is 14.6. The Morgan fingerprint density at radius 1 is 0.902 bits per heavy atom. The predicted octanol–water partition coefficient (Wildman–Crippen LogP) is 7.14. The molecule has 12 heteroatoms. The molecule has 3 rings (SSSR count). The molecule has 0 radical (unpaired) electrons. The van der Waals surface area contributed by atoms with E-state index in [9.17, 15) is 18.0 Å². The van der Waals surface area contributed by atoms with Gasteiger partial charge in [0.2, 0.25) is 11.8 Å². The molecule has 3 aromatic carbocycles. The third-order valence-electron chi connectivity index (χ3n) is 6.24. The molecular formula is C29H31Cl4N3O4S. The number of halogens is 4. The summed E-state index contributed by atoms with van der Waals surface area (Å²) in [7, 11) is -4.29. The number of hydrogen-bond donors (Lipinski definition) is 1. The van der Waals surface area contributed by atoms with E-state index < -0.39 is 28.5 Å². The Balaban J connectivity index is 2.12. The Morgan fingerprint density at radius 3 is 2.15 bits per heavy atom. The lowest BCUT2D eigenvalue weighted by molar-refractivity contribution is -0.140. The number of carbonyl (C=O) groups is 2. The number of anilines is 1. The van der Waals surface area contributed by atoms with E-state index >= 15 is 0 Å². The minimum absolute atomic E-state index is 0.0263. The highest BCUT2D eigenvalue weighted by molar-refractivity contribution is 7.92. The third-order valence-corrected chi connectivity index (χ3v) is 9.56. The molecule has 0 aliphatic rings. The Hall–Kier alpha value is -2.49. The van der Waals surface area contributed by atoms with E-state index in [1.165, 1.54) is 29.2 Å². The average Bonchev–Trinajstić information content (AvgIpc) is 2.90. The summed E-state index contributed by atoms with van der Waals surface area (Å²) in [5, 5.41) is 3.56. The first kappa shape index (κ1) is 33.0. The van der Waals surface area contributed by atoms with Crippen molar-refractivity contribution in [1.82, 2.24) is 10.2 Å². The number of hydrogen-bond acceptors (Lipinski definition) is 4. The molecule has 7 nitrogen and oxygen atoms in total. The van der Waals surface area contributed by atoms with Crippen LogP contribution in [0.5, 0.6) is 0 Å². The smallest absolute Gasteiger partial charge is 0.264 e. The zero-order valence-corrected chi connectivity index (χ0v) is 26.8. The van der Waals surface area contributed by atoms with Crippen LogP contribution in [0, 0.1) is 6.92 Å². The van der Waals surface area contributed by atoms with Gasteiger partial charge in [0.25, 0.3) is 10.0 Å². The van der Waals surface area contributed by atoms with Gasteiger partial charge in [0.15, 0.2) is 0 Å². The van der Waals surface area contributed by atoms with Crippen LogP contribution in [0.3, 0.4) is 0 Å². The van der Waals surface area contributed by atoms with Crippen molar-refractivity contribution in [2.45, 2.75) is 57.6 Å². The number of nitrogens with one attached hydrogen (secondary N) is 1. The summed E-state index contributed by atoms with van der Waals surface area (Å²) >= 11 is 25.0. The molecule has 41 heavy (non-hydrogen) atoms. The highest BCUT2D eigenvalue weighted by Gasteiger charge is 2.35. The molecule has 1 N–H and O–H groups in total. The first-order chi connectivity index (χ1) is 19.3. The minimum atomic E-state index is -4.29. The molecule has 0 aromatic heterocycles. The molecule has 0 bridgehead atoms. The van der Waals surface area contributed by atoms with Crippen LogP contribution in [0.2, 0.25) is 20.1 Å². The molecule has 0 aliphatic carbocycles. The van der Waals surface area contributed by atoms with Gasteiger partial charge in [-0.2, -0.15) is 0 Å². The maximum atomic E-state index is 14.1. The average molecular weight is 659 g/mol. The summed E-state index contributed by atoms with van der Waals surface area (Å²) < 4.78 is 28.9. The number of amides is 2. The number of nitrogens with zero attached hydrogens (tertiary/aromatic N) is 2. The maximum Gasteiger partial charge on any atom is 0.264 e. The zero-order chi connectivity index (χ0) is 30.5. The van der Waals surface area contributed by atoms with E-state index in [-0.39, 0.29) is 50.6 Å². The molecule has 0 saturated carbocycles. The van der Waals surface area contributed by atoms with Crippen molar-refractivity contribution in [3.05, 3.63) is 91.9 Å². The summed E-state index contributed by atoms with van der Waals surface area (Å²) in [6.45, 7) is 6.55. The van der Waals surface area contributed by atoms with Gasteiger partial charge in [-0.25, -0.2) is 8.42 Å². The van der Waals surface area contributed by atoms with E-state index in [0.717, 1.165) is 9.87 Å². The van der Waals surface area contributed by atoms with Gasteiger partial charge >= 0.3 is 0 Å². The molecule has 0 aliphatic heterocycles. The fraction of sp³-hybridized carbons (Fsp3) is 0.310. The van der Waals surface area contributed by atoms with Gasteiger partial charge in [0.05, 0.1) is 30.7 Å². The van der Waals surface area contributed by atoms with Crippen LogP contribution in [0.4, 0.5) is 5.69 Å². The number of sulfonamides is 1. The lowest BCUT2D eigenvalue weighted by atomic mass is 10.1. The summed E-state index contributed by atoms with van der Waals surface area (Å²) in [6.07, 6.45) is 0.272. The summed E-state index contributed by atoms with van der Waals surface area (Å²) in [5.74, 6) is -1.00. The molecule has 1 atom stereocenters. The highest BCUT2D eigenvalue weighted by Crippen LogP contribution is 2.36. The van der Waals surface area contributed by atoms with Crippen molar-refractivity contribution in [3.63, 3.8) is 0 Å². The fourth-order valence-corrected chi connectivity index (χ4v) is 6.37. The van der Waals surface area contributed by atoms with Gasteiger partial charge in [-0.05, 0) is 69.2 Å². The maximum absolute atomic E-state index is 14.1. The second-order valence-electron chi connectivity index (χ2n) is 9.76. The SMILES string of the molecule is CC[C@H](C(=O)NC(C)C)N(Cc1ccc(Cl)c(Cl)c1)C(=O)CN(c1cccc(Cl)c1Cl)S(=O)(=O)c1ccc(C)cc1. The molecule has 0 unspecified atom stereocenters. The van der Waals surface area contributed by atoms with E-state index in [0.29, 0.717) is 10.6 Å². The highest BCUT2D eigenvalue weighted by atomic mass is 35.5. The molecule has 3 aromatic rings. The zero-order valence-electron chi connectivity index (χ0n) is 23.0. The molecule has 0 saturated heterocycles. The second kappa shape index (κ2) is 14.1. The number of aryl methyl sites for hydroxylation is 1. The third kappa shape index (κ3) is 8.08. The Kier molecular flexibility index (Phi) is 11.4. The second-order valence-corrected chi connectivity index (χ2v) is 13.2. The topological polar surface area (TPSA) is 86.8 Å². The van der Waals surface area contributed by atoms with E-state index in [1.807, 2.05) is 20.8 Å². The van der Waals surface area contributed by atoms with Crippen molar-refractivity contribution in [2.24, 2.45) is 0 Å². The Bertz CT molecular complexity index is 1510. The van der Waals surface area contributed by atoms with Crippen LogP contribution >= 0.6 is 46.4 Å². The Labute approximate surface area is 261 Å². The predicted molar refractivity (Wildman–Crippen MR) is 167 cm³/mol. The first-order valence-electron chi connectivity index (χ1n) is 12.8. The van der Waals surface area contributed by atoms with Crippen LogP contribution in [0.1, 0.15) is 38.3 Å². The van der Waals surface area contributed by atoms with Crippen molar-refractivity contribution in [3.8, 4) is 0 Å². The summed E-state index contributed by atoms with van der Waals surface area (Å²) in [4.78, 5) is 28.6. The van der Waals surface area contributed by atoms with E-state index in [1.54, 1.807) is 43.3 Å². The molecular weight excluding hydrogens is 628 g/mol. The molecule has 0 fully saturated rings. The lowest BCUT2D eigenvalue weighted by Crippen LogP contribution is -2.53. The van der Waals surface area contributed by atoms with Gasteiger partial charge in [-0.1, -0.05) is 83.2 Å².